The first kappa shape index (κ1) is 19.4. The molecule has 0 bridgehead atoms. The number of hydrogen-bond acceptors (Lipinski definition) is 3. The molecule has 0 fully saturated rings. The van der Waals surface area contributed by atoms with Crippen molar-refractivity contribution in [2.24, 2.45) is 11.3 Å². The summed E-state index contributed by atoms with van der Waals surface area (Å²) in [5, 5.41) is 10.1. The topological polar surface area (TPSA) is 46.5 Å². The SMILES string of the molecule is CCCCCCCCC(=O)OCC(C)(C)C(O)C(C)C. The van der Waals surface area contributed by atoms with Gasteiger partial charge in [0.2, 0.25) is 0 Å². The molecule has 1 atom stereocenters. The molecule has 3 heteroatoms. The molecule has 1 N–H and O–H groups in total. The van der Waals surface area contributed by atoms with E-state index in [0.717, 1.165) is 12.8 Å². The fraction of sp³-hybridized carbons (Fsp3) is 0.941. The van der Waals surface area contributed by atoms with Crippen molar-refractivity contribution in [3.63, 3.8) is 0 Å². The molecule has 0 saturated heterocycles. The van der Waals surface area contributed by atoms with Gasteiger partial charge in [0.05, 0.1) is 12.7 Å². The molecule has 20 heavy (non-hydrogen) atoms. The Labute approximate surface area is 125 Å². The third-order valence-electron chi connectivity index (χ3n) is 3.77. The standard InChI is InChI=1S/C17H34O3/c1-6-7-8-9-10-11-12-15(18)20-13-17(4,5)16(19)14(2)3/h14,16,19H,6-13H2,1-5H3. The number of carbonyl (C=O) groups excluding carboxylic acids is 1. The smallest absolute Gasteiger partial charge is 0.305 e. The minimum Gasteiger partial charge on any atom is -0.465 e. The summed E-state index contributed by atoms with van der Waals surface area (Å²) in [6.45, 7) is 10.3. The van der Waals surface area contributed by atoms with Crippen LogP contribution in [-0.2, 0) is 9.53 Å². The lowest BCUT2D eigenvalue weighted by atomic mass is 9.81. The van der Waals surface area contributed by atoms with Gasteiger partial charge in [0.1, 0.15) is 0 Å². The van der Waals surface area contributed by atoms with Crippen LogP contribution in [-0.4, -0.2) is 23.8 Å². The lowest BCUT2D eigenvalue weighted by molar-refractivity contribution is -0.150. The van der Waals surface area contributed by atoms with Gasteiger partial charge in [0.15, 0.2) is 0 Å². The highest BCUT2D eigenvalue weighted by atomic mass is 16.5. The summed E-state index contributed by atoms with van der Waals surface area (Å²) in [6.07, 6.45) is 7.06. The van der Waals surface area contributed by atoms with Crippen LogP contribution in [0.1, 0.15) is 79.6 Å². The van der Waals surface area contributed by atoms with Gasteiger partial charge >= 0.3 is 5.97 Å². The summed E-state index contributed by atoms with van der Waals surface area (Å²) < 4.78 is 5.31. The van der Waals surface area contributed by atoms with E-state index in [-0.39, 0.29) is 17.3 Å². The maximum atomic E-state index is 11.7. The second kappa shape index (κ2) is 10.2. The van der Waals surface area contributed by atoms with E-state index >= 15 is 0 Å². The molecule has 0 aliphatic heterocycles. The van der Waals surface area contributed by atoms with Crippen molar-refractivity contribution in [1.29, 1.82) is 0 Å². The number of aliphatic hydroxyl groups excluding tert-OH is 1. The molecule has 1 unspecified atom stereocenters. The number of aliphatic hydroxyl groups is 1. The Morgan fingerprint density at radius 2 is 1.65 bits per heavy atom. The van der Waals surface area contributed by atoms with Crippen LogP contribution in [0.2, 0.25) is 0 Å². The van der Waals surface area contributed by atoms with E-state index in [1.54, 1.807) is 0 Å². The average Bonchev–Trinajstić information content (AvgIpc) is 2.39. The first-order valence-corrected chi connectivity index (χ1v) is 8.15. The Hall–Kier alpha value is -0.570. The van der Waals surface area contributed by atoms with E-state index in [1.165, 1.54) is 25.7 Å². The lowest BCUT2D eigenvalue weighted by Crippen LogP contribution is -2.38. The van der Waals surface area contributed by atoms with Gasteiger partial charge in [0.25, 0.3) is 0 Å². The molecule has 0 radical (unpaired) electrons. The highest BCUT2D eigenvalue weighted by molar-refractivity contribution is 5.69. The zero-order valence-electron chi connectivity index (χ0n) is 14.1. The molecule has 0 saturated carbocycles. The maximum Gasteiger partial charge on any atom is 0.305 e. The molecule has 0 aromatic heterocycles. The first-order chi connectivity index (χ1) is 9.31. The van der Waals surface area contributed by atoms with E-state index in [4.69, 9.17) is 4.74 Å². The van der Waals surface area contributed by atoms with Crippen molar-refractivity contribution in [3.8, 4) is 0 Å². The molecule has 0 aliphatic carbocycles. The predicted molar refractivity (Wildman–Crippen MR) is 83.6 cm³/mol. The van der Waals surface area contributed by atoms with Crippen molar-refractivity contribution in [3.05, 3.63) is 0 Å². The highest BCUT2D eigenvalue weighted by Gasteiger charge is 2.31. The lowest BCUT2D eigenvalue weighted by Gasteiger charge is -2.32. The third kappa shape index (κ3) is 8.57. The molecule has 0 amide bonds. The second-order valence-electron chi connectivity index (χ2n) is 6.86. The second-order valence-corrected chi connectivity index (χ2v) is 6.86. The predicted octanol–water partition coefficient (Wildman–Crippen LogP) is 4.32. The zero-order valence-corrected chi connectivity index (χ0v) is 14.1. The van der Waals surface area contributed by atoms with Gasteiger partial charge in [-0.25, -0.2) is 0 Å². The minimum atomic E-state index is -0.454. The molecular weight excluding hydrogens is 252 g/mol. The third-order valence-corrected chi connectivity index (χ3v) is 3.77. The Bertz CT molecular complexity index is 259. The number of hydrogen-bond donors (Lipinski definition) is 1. The summed E-state index contributed by atoms with van der Waals surface area (Å²) >= 11 is 0. The van der Waals surface area contributed by atoms with Gasteiger partial charge < -0.3 is 9.84 Å². The fourth-order valence-electron chi connectivity index (χ4n) is 2.38. The van der Waals surface area contributed by atoms with E-state index in [0.29, 0.717) is 13.0 Å². The summed E-state index contributed by atoms with van der Waals surface area (Å²) in [7, 11) is 0. The van der Waals surface area contributed by atoms with Crippen LogP contribution in [0, 0.1) is 11.3 Å². The van der Waals surface area contributed by atoms with Gasteiger partial charge in [-0.2, -0.15) is 0 Å². The molecule has 0 aliphatic rings. The van der Waals surface area contributed by atoms with Crippen LogP contribution in [0.25, 0.3) is 0 Å². The summed E-state index contributed by atoms with van der Waals surface area (Å²) in [6, 6.07) is 0. The zero-order chi connectivity index (χ0) is 15.6. The Kier molecular flexibility index (Phi) is 9.91. The molecule has 120 valence electrons. The Balaban J connectivity index is 3.77. The van der Waals surface area contributed by atoms with Crippen molar-refractivity contribution in [2.45, 2.75) is 85.7 Å². The molecule has 0 aromatic rings. The summed E-state index contributed by atoms with van der Waals surface area (Å²) in [5.41, 5.74) is -0.384. The number of unbranched alkanes of at least 4 members (excludes halogenated alkanes) is 5. The van der Waals surface area contributed by atoms with Gasteiger partial charge in [-0.3, -0.25) is 4.79 Å². The monoisotopic (exact) mass is 286 g/mol. The van der Waals surface area contributed by atoms with E-state index in [9.17, 15) is 9.90 Å². The molecule has 3 nitrogen and oxygen atoms in total. The number of ether oxygens (including phenoxy) is 1. The van der Waals surface area contributed by atoms with Crippen LogP contribution in [0.5, 0.6) is 0 Å². The Morgan fingerprint density at radius 1 is 1.10 bits per heavy atom. The fourth-order valence-corrected chi connectivity index (χ4v) is 2.38. The molecule has 0 spiro atoms. The number of carbonyl (C=O) groups is 1. The van der Waals surface area contributed by atoms with E-state index in [1.807, 2.05) is 27.7 Å². The molecular formula is C17H34O3. The van der Waals surface area contributed by atoms with Crippen LogP contribution in [0.3, 0.4) is 0 Å². The van der Waals surface area contributed by atoms with Gasteiger partial charge in [-0.05, 0) is 12.3 Å². The van der Waals surface area contributed by atoms with Crippen LogP contribution >= 0.6 is 0 Å². The van der Waals surface area contributed by atoms with E-state index in [2.05, 4.69) is 6.92 Å². The minimum absolute atomic E-state index is 0.135. The van der Waals surface area contributed by atoms with Crippen molar-refractivity contribution in [2.75, 3.05) is 6.61 Å². The summed E-state index contributed by atoms with van der Waals surface area (Å²) in [4.78, 5) is 11.7. The van der Waals surface area contributed by atoms with Crippen molar-refractivity contribution < 1.29 is 14.6 Å². The average molecular weight is 286 g/mol. The number of rotatable bonds is 11. The largest absolute Gasteiger partial charge is 0.465 e. The van der Waals surface area contributed by atoms with Gasteiger partial charge in [0, 0.05) is 11.8 Å². The normalized spacial score (nSPS) is 13.6. The van der Waals surface area contributed by atoms with Gasteiger partial charge in [-0.1, -0.05) is 66.7 Å². The quantitative estimate of drug-likeness (QED) is 0.454. The molecule has 0 heterocycles. The molecule has 0 rings (SSSR count). The Morgan fingerprint density at radius 3 is 2.20 bits per heavy atom. The van der Waals surface area contributed by atoms with Crippen molar-refractivity contribution >= 4 is 5.97 Å². The van der Waals surface area contributed by atoms with Gasteiger partial charge in [-0.15, -0.1) is 0 Å². The maximum absolute atomic E-state index is 11.7. The number of esters is 1. The summed E-state index contributed by atoms with van der Waals surface area (Å²) in [5.74, 6) is 0.0341. The molecule has 0 aromatic carbocycles. The first-order valence-electron chi connectivity index (χ1n) is 8.15. The van der Waals surface area contributed by atoms with Crippen LogP contribution in [0.15, 0.2) is 0 Å². The van der Waals surface area contributed by atoms with E-state index < -0.39 is 6.10 Å². The van der Waals surface area contributed by atoms with Crippen LogP contribution in [0.4, 0.5) is 0 Å². The van der Waals surface area contributed by atoms with Crippen molar-refractivity contribution in [1.82, 2.24) is 0 Å². The van der Waals surface area contributed by atoms with Crippen LogP contribution < -0.4 is 0 Å². The highest BCUT2D eigenvalue weighted by Crippen LogP contribution is 2.26.